The molecule has 1 aromatic carbocycles. The van der Waals surface area contributed by atoms with E-state index < -0.39 is 0 Å². The first-order valence-electron chi connectivity index (χ1n) is 6.52. The molecule has 1 aromatic rings. The van der Waals surface area contributed by atoms with E-state index in [4.69, 9.17) is 0 Å². The standard InChI is InChI=1S/C15H23Br2N/c1-5-18-14(8-9-15(2,3)4)12-10-11(16)6-7-13(12)17/h6-7,10,14,18H,5,8-9H2,1-4H3. The van der Waals surface area contributed by atoms with Gasteiger partial charge >= 0.3 is 0 Å². The van der Waals surface area contributed by atoms with Gasteiger partial charge in [0.05, 0.1) is 0 Å². The van der Waals surface area contributed by atoms with Gasteiger partial charge in [-0.15, -0.1) is 0 Å². The highest BCUT2D eigenvalue weighted by Gasteiger charge is 2.18. The van der Waals surface area contributed by atoms with Crippen molar-refractivity contribution in [3.63, 3.8) is 0 Å². The summed E-state index contributed by atoms with van der Waals surface area (Å²) in [5.74, 6) is 0. The molecule has 1 unspecified atom stereocenters. The second-order valence-corrected chi connectivity index (χ2v) is 7.65. The van der Waals surface area contributed by atoms with Crippen molar-refractivity contribution in [1.29, 1.82) is 0 Å². The molecule has 0 fully saturated rings. The van der Waals surface area contributed by atoms with E-state index >= 15 is 0 Å². The van der Waals surface area contributed by atoms with Crippen LogP contribution in [0.25, 0.3) is 0 Å². The molecule has 0 bridgehead atoms. The fraction of sp³-hybridized carbons (Fsp3) is 0.600. The Kier molecular flexibility index (Phi) is 6.36. The van der Waals surface area contributed by atoms with E-state index in [0.717, 1.165) is 17.4 Å². The molecule has 0 saturated carbocycles. The number of benzene rings is 1. The van der Waals surface area contributed by atoms with E-state index in [9.17, 15) is 0 Å². The maximum absolute atomic E-state index is 3.66. The molecular weight excluding hydrogens is 354 g/mol. The van der Waals surface area contributed by atoms with Crippen molar-refractivity contribution < 1.29 is 0 Å². The molecule has 102 valence electrons. The highest BCUT2D eigenvalue weighted by Crippen LogP contribution is 2.32. The van der Waals surface area contributed by atoms with Gasteiger partial charge in [0.25, 0.3) is 0 Å². The molecule has 0 aliphatic rings. The van der Waals surface area contributed by atoms with E-state index in [2.05, 4.69) is 83.1 Å². The normalized spacial score (nSPS) is 13.7. The predicted molar refractivity (Wildman–Crippen MR) is 86.9 cm³/mol. The summed E-state index contributed by atoms with van der Waals surface area (Å²) in [5.41, 5.74) is 1.72. The number of hydrogen-bond donors (Lipinski definition) is 1. The van der Waals surface area contributed by atoms with Gasteiger partial charge in [-0.05, 0) is 48.6 Å². The molecule has 1 rings (SSSR count). The van der Waals surface area contributed by atoms with Crippen molar-refractivity contribution in [3.05, 3.63) is 32.7 Å². The highest BCUT2D eigenvalue weighted by atomic mass is 79.9. The first-order valence-corrected chi connectivity index (χ1v) is 8.10. The Morgan fingerprint density at radius 3 is 2.44 bits per heavy atom. The van der Waals surface area contributed by atoms with Crippen molar-refractivity contribution in [2.45, 2.75) is 46.6 Å². The van der Waals surface area contributed by atoms with E-state index in [0.29, 0.717) is 11.5 Å². The van der Waals surface area contributed by atoms with Crippen LogP contribution >= 0.6 is 31.9 Å². The minimum atomic E-state index is 0.381. The van der Waals surface area contributed by atoms with Crippen LogP contribution in [0.5, 0.6) is 0 Å². The van der Waals surface area contributed by atoms with Gasteiger partial charge in [-0.1, -0.05) is 59.6 Å². The highest BCUT2D eigenvalue weighted by molar-refractivity contribution is 9.11. The van der Waals surface area contributed by atoms with Crippen LogP contribution in [0.3, 0.4) is 0 Å². The largest absolute Gasteiger partial charge is 0.310 e. The minimum Gasteiger partial charge on any atom is -0.310 e. The summed E-state index contributed by atoms with van der Waals surface area (Å²) in [6, 6.07) is 6.81. The summed E-state index contributed by atoms with van der Waals surface area (Å²) in [5, 5.41) is 3.59. The van der Waals surface area contributed by atoms with E-state index in [1.807, 2.05) is 0 Å². The summed E-state index contributed by atoms with van der Waals surface area (Å²) >= 11 is 7.22. The predicted octanol–water partition coefficient (Wildman–Crippen LogP) is 5.69. The lowest BCUT2D eigenvalue weighted by Gasteiger charge is -2.25. The first kappa shape index (κ1) is 16.2. The van der Waals surface area contributed by atoms with Crippen LogP contribution in [-0.4, -0.2) is 6.54 Å². The molecule has 1 N–H and O–H groups in total. The Bertz CT molecular complexity index is 383. The molecular formula is C15H23Br2N. The summed E-state index contributed by atoms with van der Waals surface area (Å²) in [7, 11) is 0. The van der Waals surface area contributed by atoms with Crippen molar-refractivity contribution in [2.24, 2.45) is 5.41 Å². The van der Waals surface area contributed by atoms with Crippen LogP contribution in [-0.2, 0) is 0 Å². The molecule has 0 aliphatic carbocycles. The molecule has 3 heteroatoms. The van der Waals surface area contributed by atoms with Gasteiger partial charge in [0.2, 0.25) is 0 Å². The monoisotopic (exact) mass is 375 g/mol. The molecule has 18 heavy (non-hydrogen) atoms. The molecule has 1 atom stereocenters. The first-order chi connectivity index (χ1) is 8.33. The van der Waals surface area contributed by atoms with Crippen molar-refractivity contribution in [1.82, 2.24) is 5.32 Å². The van der Waals surface area contributed by atoms with Crippen LogP contribution in [0.2, 0.25) is 0 Å². The van der Waals surface area contributed by atoms with Gasteiger partial charge in [-0.25, -0.2) is 0 Å². The summed E-state index contributed by atoms with van der Waals surface area (Å²) in [4.78, 5) is 0. The Labute approximate surface area is 128 Å². The third kappa shape index (κ3) is 5.41. The third-order valence-corrected chi connectivity index (χ3v) is 4.18. The molecule has 1 nitrogen and oxygen atoms in total. The quantitative estimate of drug-likeness (QED) is 0.695. The molecule has 0 aromatic heterocycles. The summed E-state index contributed by atoms with van der Waals surface area (Å²) < 4.78 is 2.32. The molecule has 0 radical (unpaired) electrons. The molecule has 0 aliphatic heterocycles. The Morgan fingerprint density at radius 1 is 1.22 bits per heavy atom. The zero-order chi connectivity index (χ0) is 13.8. The summed E-state index contributed by atoms with van der Waals surface area (Å²) in [6.07, 6.45) is 2.37. The Hall–Kier alpha value is 0.140. The third-order valence-electron chi connectivity index (χ3n) is 2.97. The maximum atomic E-state index is 3.66. The lowest BCUT2D eigenvalue weighted by molar-refractivity contribution is 0.333. The topological polar surface area (TPSA) is 12.0 Å². The van der Waals surface area contributed by atoms with Crippen LogP contribution in [0.1, 0.15) is 52.1 Å². The van der Waals surface area contributed by atoms with E-state index in [1.54, 1.807) is 0 Å². The molecule has 0 heterocycles. The van der Waals surface area contributed by atoms with Crippen LogP contribution in [0.4, 0.5) is 0 Å². The van der Waals surface area contributed by atoms with E-state index in [-0.39, 0.29) is 0 Å². The Morgan fingerprint density at radius 2 is 1.89 bits per heavy atom. The van der Waals surface area contributed by atoms with Gasteiger partial charge in [-0.2, -0.15) is 0 Å². The van der Waals surface area contributed by atoms with Crippen LogP contribution in [0.15, 0.2) is 27.1 Å². The van der Waals surface area contributed by atoms with Gasteiger partial charge in [0.15, 0.2) is 0 Å². The van der Waals surface area contributed by atoms with Gasteiger partial charge < -0.3 is 5.32 Å². The van der Waals surface area contributed by atoms with E-state index in [1.165, 1.54) is 16.5 Å². The number of hydrogen-bond acceptors (Lipinski definition) is 1. The number of halogens is 2. The fourth-order valence-corrected chi connectivity index (χ4v) is 2.87. The maximum Gasteiger partial charge on any atom is 0.0331 e. The lowest BCUT2D eigenvalue weighted by atomic mass is 9.87. The SMILES string of the molecule is CCNC(CCC(C)(C)C)c1cc(Br)ccc1Br. The number of rotatable bonds is 5. The fourth-order valence-electron chi connectivity index (χ4n) is 1.97. The lowest BCUT2D eigenvalue weighted by Crippen LogP contribution is -2.23. The van der Waals surface area contributed by atoms with Crippen LogP contribution < -0.4 is 5.32 Å². The van der Waals surface area contributed by atoms with Gasteiger partial charge in [-0.3, -0.25) is 0 Å². The van der Waals surface area contributed by atoms with Crippen molar-refractivity contribution >= 4 is 31.9 Å². The average molecular weight is 377 g/mol. The van der Waals surface area contributed by atoms with Gasteiger partial charge in [0.1, 0.15) is 0 Å². The minimum absolute atomic E-state index is 0.381. The average Bonchev–Trinajstić information content (AvgIpc) is 2.26. The van der Waals surface area contributed by atoms with Crippen LogP contribution in [0, 0.1) is 5.41 Å². The smallest absolute Gasteiger partial charge is 0.0331 e. The zero-order valence-electron chi connectivity index (χ0n) is 11.7. The zero-order valence-corrected chi connectivity index (χ0v) is 14.9. The van der Waals surface area contributed by atoms with Gasteiger partial charge in [0, 0.05) is 15.0 Å². The number of nitrogens with one attached hydrogen (secondary N) is 1. The molecule has 0 saturated heterocycles. The summed E-state index contributed by atoms with van der Waals surface area (Å²) in [6.45, 7) is 10.0. The Balaban J connectivity index is 2.86. The molecule has 0 spiro atoms. The second kappa shape index (κ2) is 7.06. The van der Waals surface area contributed by atoms with Crippen molar-refractivity contribution in [2.75, 3.05) is 6.54 Å². The molecule has 0 amide bonds. The second-order valence-electron chi connectivity index (χ2n) is 5.88. The van der Waals surface area contributed by atoms with Crippen molar-refractivity contribution in [3.8, 4) is 0 Å².